The van der Waals surface area contributed by atoms with Crippen LogP contribution in [0, 0.1) is 11.6 Å². The smallest absolute Gasteiger partial charge is 0.238 e. The van der Waals surface area contributed by atoms with Gasteiger partial charge in [0.1, 0.15) is 10.8 Å². The van der Waals surface area contributed by atoms with Gasteiger partial charge >= 0.3 is 0 Å². The highest BCUT2D eigenvalue weighted by atomic mass is 35.5. The van der Waals surface area contributed by atoms with Crippen molar-refractivity contribution in [3.8, 4) is 11.6 Å². The second kappa shape index (κ2) is 5.29. The van der Waals surface area contributed by atoms with Crippen LogP contribution in [0.25, 0.3) is 0 Å². The average molecular weight is 272 g/mol. The predicted molar refractivity (Wildman–Crippen MR) is 61.6 cm³/mol. The summed E-state index contributed by atoms with van der Waals surface area (Å²) in [7, 11) is 0. The molecule has 0 bridgehead atoms. The first kappa shape index (κ1) is 12.7. The zero-order chi connectivity index (χ0) is 13.1. The minimum atomic E-state index is -0.722. The molecule has 94 valence electrons. The third-order valence-corrected chi connectivity index (χ3v) is 2.42. The molecule has 0 spiro atoms. The van der Waals surface area contributed by atoms with E-state index in [0.29, 0.717) is 5.56 Å². The Labute approximate surface area is 107 Å². The van der Waals surface area contributed by atoms with E-state index in [4.69, 9.17) is 21.4 Å². The average Bonchev–Trinajstić information content (AvgIpc) is 2.36. The first-order chi connectivity index (χ1) is 8.60. The maximum atomic E-state index is 13.3. The molecule has 0 atom stereocenters. The van der Waals surface area contributed by atoms with Crippen LogP contribution in [-0.2, 0) is 6.61 Å². The van der Waals surface area contributed by atoms with Crippen molar-refractivity contribution in [3.63, 3.8) is 0 Å². The van der Waals surface area contributed by atoms with Gasteiger partial charge in [-0.2, -0.15) is 0 Å². The van der Waals surface area contributed by atoms with Gasteiger partial charge in [0.15, 0.2) is 11.6 Å². The molecule has 2 rings (SSSR count). The van der Waals surface area contributed by atoms with Gasteiger partial charge < -0.3 is 9.84 Å². The summed E-state index contributed by atoms with van der Waals surface area (Å²) >= 11 is 5.84. The van der Waals surface area contributed by atoms with E-state index in [-0.39, 0.29) is 23.3 Å². The van der Waals surface area contributed by atoms with E-state index in [0.717, 1.165) is 18.2 Å². The first-order valence-electron chi connectivity index (χ1n) is 4.98. The molecular weight excluding hydrogens is 264 g/mol. The highest BCUT2D eigenvalue weighted by molar-refractivity contribution is 6.31. The number of nitrogens with zero attached hydrogens (tertiary/aromatic N) is 1. The van der Waals surface area contributed by atoms with E-state index in [2.05, 4.69) is 4.98 Å². The SMILES string of the molecule is OCc1cnc(Oc2cc(F)ccc2F)c(Cl)c1. The largest absolute Gasteiger partial charge is 0.434 e. The third kappa shape index (κ3) is 2.75. The molecular formula is C12H8ClF2NO2. The van der Waals surface area contributed by atoms with E-state index in [1.165, 1.54) is 12.3 Å². The molecule has 1 heterocycles. The van der Waals surface area contributed by atoms with Crippen LogP contribution in [0.1, 0.15) is 5.56 Å². The molecule has 0 aliphatic carbocycles. The minimum absolute atomic E-state index is 0.0571. The molecule has 0 saturated carbocycles. The van der Waals surface area contributed by atoms with E-state index in [1.54, 1.807) is 0 Å². The molecule has 0 aliphatic rings. The molecule has 0 unspecified atom stereocenters. The number of aromatic nitrogens is 1. The van der Waals surface area contributed by atoms with Crippen molar-refractivity contribution < 1.29 is 18.6 Å². The van der Waals surface area contributed by atoms with Crippen molar-refractivity contribution in [2.45, 2.75) is 6.61 Å². The number of pyridine rings is 1. The first-order valence-corrected chi connectivity index (χ1v) is 5.36. The van der Waals surface area contributed by atoms with Crippen molar-refractivity contribution in [1.29, 1.82) is 0 Å². The number of hydrogen-bond donors (Lipinski definition) is 1. The van der Waals surface area contributed by atoms with Crippen molar-refractivity contribution in [1.82, 2.24) is 4.98 Å². The van der Waals surface area contributed by atoms with Gasteiger partial charge in [0.2, 0.25) is 5.88 Å². The summed E-state index contributed by atoms with van der Waals surface area (Å²) in [6, 6.07) is 4.25. The summed E-state index contributed by atoms with van der Waals surface area (Å²) in [5.41, 5.74) is 0.493. The second-order valence-corrected chi connectivity index (χ2v) is 3.87. The summed E-state index contributed by atoms with van der Waals surface area (Å²) in [4.78, 5) is 3.81. The molecule has 3 nitrogen and oxygen atoms in total. The molecule has 0 saturated heterocycles. The van der Waals surface area contributed by atoms with Crippen LogP contribution >= 0.6 is 11.6 Å². The number of aliphatic hydroxyl groups excluding tert-OH is 1. The van der Waals surface area contributed by atoms with Gasteiger partial charge in [-0.15, -0.1) is 0 Å². The quantitative estimate of drug-likeness (QED) is 0.931. The number of benzene rings is 1. The van der Waals surface area contributed by atoms with E-state index in [9.17, 15) is 8.78 Å². The molecule has 0 aliphatic heterocycles. The van der Waals surface area contributed by atoms with Crippen molar-refractivity contribution in [3.05, 3.63) is 52.7 Å². The zero-order valence-electron chi connectivity index (χ0n) is 9.03. The van der Waals surface area contributed by atoms with Gasteiger partial charge in [-0.1, -0.05) is 11.6 Å². The Hall–Kier alpha value is -1.72. The fraction of sp³-hybridized carbons (Fsp3) is 0.0833. The summed E-state index contributed by atoms with van der Waals surface area (Å²) in [5, 5.41) is 8.98. The maximum absolute atomic E-state index is 13.3. The molecule has 1 N–H and O–H groups in total. The highest BCUT2D eigenvalue weighted by Crippen LogP contribution is 2.29. The normalized spacial score (nSPS) is 10.4. The van der Waals surface area contributed by atoms with Gasteiger partial charge in [0.05, 0.1) is 6.61 Å². The Morgan fingerprint density at radius 2 is 2.06 bits per heavy atom. The lowest BCUT2D eigenvalue weighted by atomic mass is 10.3. The standard InChI is InChI=1S/C12H8ClF2NO2/c13-9-3-7(6-17)5-16-12(9)18-11-4-8(14)1-2-10(11)15/h1-5,17H,6H2. The molecule has 6 heteroatoms. The Balaban J connectivity index is 2.31. The number of aliphatic hydroxyl groups is 1. The van der Waals surface area contributed by atoms with Crippen LogP contribution in [0.4, 0.5) is 8.78 Å². The summed E-state index contributed by atoms with van der Waals surface area (Å²) < 4.78 is 31.3. The summed E-state index contributed by atoms with van der Waals surface area (Å²) in [5.74, 6) is -1.71. The number of ether oxygens (including phenoxy) is 1. The molecule has 1 aromatic heterocycles. The molecule has 0 amide bonds. The van der Waals surface area contributed by atoms with Crippen molar-refractivity contribution in [2.24, 2.45) is 0 Å². The van der Waals surface area contributed by atoms with Gasteiger partial charge in [0.25, 0.3) is 0 Å². The van der Waals surface area contributed by atoms with E-state index >= 15 is 0 Å². The molecule has 0 fully saturated rings. The van der Waals surface area contributed by atoms with E-state index < -0.39 is 11.6 Å². The Kier molecular flexibility index (Phi) is 3.74. The fourth-order valence-electron chi connectivity index (χ4n) is 1.29. The van der Waals surface area contributed by atoms with Gasteiger partial charge in [-0.25, -0.2) is 13.8 Å². The van der Waals surface area contributed by atoms with Gasteiger partial charge in [-0.3, -0.25) is 0 Å². The van der Waals surface area contributed by atoms with Crippen LogP contribution in [-0.4, -0.2) is 10.1 Å². The van der Waals surface area contributed by atoms with Crippen LogP contribution in [0.2, 0.25) is 5.02 Å². The van der Waals surface area contributed by atoms with Gasteiger partial charge in [-0.05, 0) is 23.8 Å². The Morgan fingerprint density at radius 1 is 1.28 bits per heavy atom. The molecule has 2 aromatic rings. The molecule has 1 aromatic carbocycles. The van der Waals surface area contributed by atoms with Crippen molar-refractivity contribution in [2.75, 3.05) is 0 Å². The second-order valence-electron chi connectivity index (χ2n) is 3.47. The summed E-state index contributed by atoms with van der Waals surface area (Å²) in [6.45, 7) is -0.221. The maximum Gasteiger partial charge on any atom is 0.238 e. The van der Waals surface area contributed by atoms with Crippen LogP contribution in [0.15, 0.2) is 30.5 Å². The predicted octanol–water partition coefficient (Wildman–Crippen LogP) is 3.30. The highest BCUT2D eigenvalue weighted by Gasteiger charge is 2.10. The Morgan fingerprint density at radius 3 is 2.72 bits per heavy atom. The van der Waals surface area contributed by atoms with Crippen LogP contribution in [0.3, 0.4) is 0 Å². The minimum Gasteiger partial charge on any atom is -0.434 e. The number of hydrogen-bond acceptors (Lipinski definition) is 3. The molecule has 18 heavy (non-hydrogen) atoms. The van der Waals surface area contributed by atoms with Crippen molar-refractivity contribution >= 4 is 11.6 Å². The summed E-state index contributed by atoms with van der Waals surface area (Å²) in [6.07, 6.45) is 1.33. The lowest BCUT2D eigenvalue weighted by molar-refractivity contribution is 0.281. The molecule has 0 radical (unpaired) electrons. The van der Waals surface area contributed by atoms with Crippen LogP contribution in [0.5, 0.6) is 11.6 Å². The third-order valence-electron chi connectivity index (χ3n) is 2.15. The Bertz CT molecular complexity index is 578. The number of halogens is 3. The van der Waals surface area contributed by atoms with Crippen LogP contribution < -0.4 is 4.74 Å². The fourth-order valence-corrected chi connectivity index (χ4v) is 1.51. The number of rotatable bonds is 3. The topological polar surface area (TPSA) is 42.4 Å². The lowest BCUT2D eigenvalue weighted by Crippen LogP contribution is -1.94. The lowest BCUT2D eigenvalue weighted by Gasteiger charge is -2.08. The zero-order valence-corrected chi connectivity index (χ0v) is 9.79. The van der Waals surface area contributed by atoms with E-state index in [1.807, 2.05) is 0 Å². The van der Waals surface area contributed by atoms with Gasteiger partial charge in [0, 0.05) is 12.3 Å². The monoisotopic (exact) mass is 271 g/mol.